The topological polar surface area (TPSA) is 86.6 Å². The normalized spacial score (nSPS) is 13.8. The van der Waals surface area contributed by atoms with Gasteiger partial charge in [-0.25, -0.2) is 9.18 Å². The van der Waals surface area contributed by atoms with E-state index in [-0.39, 0.29) is 5.56 Å². The number of carboxylic acids is 1. The molecule has 0 heterocycles. The Labute approximate surface area is 96.9 Å². The smallest absolute Gasteiger partial charge is 0.328 e. The molecule has 1 amide bonds. The van der Waals surface area contributed by atoms with Gasteiger partial charge in [-0.1, -0.05) is 6.07 Å². The first-order chi connectivity index (χ1) is 7.91. The monoisotopic (exact) mass is 241 g/mol. The first-order valence-corrected chi connectivity index (χ1v) is 4.89. The quantitative estimate of drug-likeness (QED) is 0.711. The summed E-state index contributed by atoms with van der Waals surface area (Å²) in [5, 5.41) is 20.0. The second-order valence-corrected chi connectivity index (χ2v) is 3.54. The van der Waals surface area contributed by atoms with E-state index in [0.717, 1.165) is 6.07 Å². The minimum atomic E-state index is -1.43. The summed E-state index contributed by atoms with van der Waals surface area (Å²) in [6, 6.07) is 3.41. The van der Waals surface area contributed by atoms with Gasteiger partial charge in [0.05, 0.1) is 6.10 Å². The van der Waals surface area contributed by atoms with Crippen molar-refractivity contribution in [3.63, 3.8) is 0 Å². The number of benzene rings is 1. The molecule has 0 aliphatic carbocycles. The van der Waals surface area contributed by atoms with Crippen LogP contribution in [0.25, 0.3) is 0 Å². The van der Waals surface area contributed by atoms with Gasteiger partial charge in [-0.15, -0.1) is 0 Å². The molecule has 0 aromatic heterocycles. The fraction of sp³-hybridized carbons (Fsp3) is 0.273. The van der Waals surface area contributed by atoms with Crippen LogP contribution in [-0.2, 0) is 4.79 Å². The standard InChI is InChI=1S/C11H12FNO4/c1-6(14)9(11(16)17)13-10(15)7-3-2-4-8(12)5-7/h2-6,9,14H,1H3,(H,13,15)(H,16,17)/t6-,9+/m1/s1. The molecule has 5 nitrogen and oxygen atoms in total. The number of hydrogen-bond donors (Lipinski definition) is 3. The van der Waals surface area contributed by atoms with Crippen molar-refractivity contribution < 1.29 is 24.2 Å². The molecular weight excluding hydrogens is 229 g/mol. The van der Waals surface area contributed by atoms with E-state index in [0.29, 0.717) is 0 Å². The number of carbonyl (C=O) groups excluding carboxylic acids is 1. The number of aliphatic hydroxyl groups is 1. The minimum Gasteiger partial charge on any atom is -0.480 e. The highest BCUT2D eigenvalue weighted by atomic mass is 19.1. The van der Waals surface area contributed by atoms with Gasteiger partial charge < -0.3 is 15.5 Å². The highest BCUT2D eigenvalue weighted by Gasteiger charge is 2.25. The molecule has 1 aromatic rings. The predicted molar refractivity (Wildman–Crippen MR) is 57.0 cm³/mol. The Morgan fingerprint density at radius 2 is 2.06 bits per heavy atom. The molecule has 0 saturated heterocycles. The third kappa shape index (κ3) is 3.53. The van der Waals surface area contributed by atoms with Gasteiger partial charge in [0.2, 0.25) is 0 Å². The Bertz CT molecular complexity index is 433. The molecule has 1 rings (SSSR count). The summed E-state index contributed by atoms with van der Waals surface area (Å²) in [5.41, 5.74) is -0.00287. The van der Waals surface area contributed by atoms with Crippen LogP contribution >= 0.6 is 0 Å². The van der Waals surface area contributed by atoms with E-state index in [1.165, 1.54) is 25.1 Å². The molecule has 0 aliphatic heterocycles. The van der Waals surface area contributed by atoms with Gasteiger partial charge in [0.15, 0.2) is 6.04 Å². The lowest BCUT2D eigenvalue weighted by Gasteiger charge is -2.16. The van der Waals surface area contributed by atoms with Crippen molar-refractivity contribution in [3.8, 4) is 0 Å². The first-order valence-electron chi connectivity index (χ1n) is 4.89. The molecule has 0 unspecified atom stereocenters. The fourth-order valence-corrected chi connectivity index (χ4v) is 1.24. The average Bonchev–Trinajstić information content (AvgIpc) is 2.24. The van der Waals surface area contributed by atoms with E-state index in [1.54, 1.807) is 0 Å². The molecule has 0 aliphatic rings. The van der Waals surface area contributed by atoms with Gasteiger partial charge in [0.1, 0.15) is 5.82 Å². The van der Waals surface area contributed by atoms with Gasteiger partial charge in [-0.2, -0.15) is 0 Å². The Balaban J connectivity index is 2.81. The lowest BCUT2D eigenvalue weighted by atomic mass is 10.1. The second-order valence-electron chi connectivity index (χ2n) is 3.54. The van der Waals surface area contributed by atoms with Crippen LogP contribution in [-0.4, -0.2) is 34.2 Å². The third-order valence-corrected chi connectivity index (χ3v) is 2.12. The van der Waals surface area contributed by atoms with Crippen LogP contribution < -0.4 is 5.32 Å². The maximum Gasteiger partial charge on any atom is 0.328 e. The van der Waals surface area contributed by atoms with Crippen molar-refractivity contribution >= 4 is 11.9 Å². The minimum absolute atomic E-state index is 0.00287. The number of hydrogen-bond acceptors (Lipinski definition) is 3. The molecule has 3 N–H and O–H groups in total. The SMILES string of the molecule is C[C@@H](O)[C@H](NC(=O)c1cccc(F)c1)C(=O)O. The van der Waals surface area contributed by atoms with Gasteiger partial charge in [-0.05, 0) is 25.1 Å². The van der Waals surface area contributed by atoms with E-state index in [2.05, 4.69) is 5.32 Å². The summed E-state index contributed by atoms with van der Waals surface area (Å²) < 4.78 is 12.8. The molecule has 0 spiro atoms. The first kappa shape index (κ1) is 13.1. The Morgan fingerprint density at radius 1 is 1.41 bits per heavy atom. The van der Waals surface area contributed by atoms with Crippen molar-refractivity contribution in [2.45, 2.75) is 19.1 Å². The van der Waals surface area contributed by atoms with E-state index in [9.17, 15) is 14.0 Å². The zero-order valence-electron chi connectivity index (χ0n) is 9.05. The number of aliphatic hydroxyl groups excluding tert-OH is 1. The number of halogens is 1. The van der Waals surface area contributed by atoms with E-state index in [1.807, 2.05) is 0 Å². The number of aliphatic carboxylic acids is 1. The summed E-state index contributed by atoms with van der Waals surface area (Å²) in [7, 11) is 0. The van der Waals surface area contributed by atoms with Crippen molar-refractivity contribution in [2.24, 2.45) is 0 Å². The summed E-state index contributed by atoms with van der Waals surface area (Å²) in [5.74, 6) is -2.70. The Morgan fingerprint density at radius 3 is 2.53 bits per heavy atom. The maximum absolute atomic E-state index is 12.8. The van der Waals surface area contributed by atoms with E-state index < -0.39 is 29.8 Å². The Kier molecular flexibility index (Phi) is 4.17. The molecule has 1 aromatic carbocycles. The van der Waals surface area contributed by atoms with Crippen LogP contribution in [0.2, 0.25) is 0 Å². The van der Waals surface area contributed by atoms with E-state index >= 15 is 0 Å². The van der Waals surface area contributed by atoms with E-state index in [4.69, 9.17) is 10.2 Å². The Hall–Kier alpha value is -1.95. The second kappa shape index (κ2) is 5.40. The molecule has 6 heteroatoms. The summed E-state index contributed by atoms with van der Waals surface area (Å²) in [6.45, 7) is 1.24. The molecular formula is C11H12FNO4. The van der Waals surface area contributed by atoms with Crippen molar-refractivity contribution in [3.05, 3.63) is 35.6 Å². The molecule has 92 valence electrons. The van der Waals surface area contributed by atoms with Gasteiger partial charge in [-0.3, -0.25) is 4.79 Å². The predicted octanol–water partition coefficient (Wildman–Crippen LogP) is 0.389. The lowest BCUT2D eigenvalue weighted by molar-refractivity contribution is -0.141. The lowest BCUT2D eigenvalue weighted by Crippen LogP contribution is -2.47. The molecule has 0 fully saturated rings. The molecule has 0 saturated carbocycles. The molecule has 2 atom stereocenters. The van der Waals surface area contributed by atoms with Crippen LogP contribution in [0.1, 0.15) is 17.3 Å². The summed E-state index contributed by atoms with van der Waals surface area (Å²) in [6.07, 6.45) is -1.25. The highest BCUT2D eigenvalue weighted by molar-refractivity contribution is 5.96. The fourth-order valence-electron chi connectivity index (χ4n) is 1.24. The van der Waals surface area contributed by atoms with Crippen LogP contribution in [0.5, 0.6) is 0 Å². The zero-order valence-corrected chi connectivity index (χ0v) is 9.05. The maximum atomic E-state index is 12.8. The van der Waals surface area contributed by atoms with Crippen molar-refractivity contribution in [1.82, 2.24) is 5.32 Å². The number of nitrogens with one attached hydrogen (secondary N) is 1. The number of amides is 1. The summed E-state index contributed by atoms with van der Waals surface area (Å²) >= 11 is 0. The van der Waals surface area contributed by atoms with Crippen LogP contribution in [0, 0.1) is 5.82 Å². The number of carboxylic acid groups (broad SMARTS) is 1. The van der Waals surface area contributed by atoms with Crippen molar-refractivity contribution in [1.29, 1.82) is 0 Å². The molecule has 17 heavy (non-hydrogen) atoms. The van der Waals surface area contributed by atoms with Gasteiger partial charge in [0, 0.05) is 5.56 Å². The van der Waals surface area contributed by atoms with Crippen molar-refractivity contribution in [2.75, 3.05) is 0 Å². The van der Waals surface area contributed by atoms with Crippen LogP contribution in [0.15, 0.2) is 24.3 Å². The zero-order chi connectivity index (χ0) is 13.0. The highest BCUT2D eigenvalue weighted by Crippen LogP contribution is 2.04. The largest absolute Gasteiger partial charge is 0.480 e. The van der Waals surface area contributed by atoms with Crippen LogP contribution in [0.4, 0.5) is 4.39 Å². The third-order valence-electron chi connectivity index (χ3n) is 2.12. The number of rotatable bonds is 4. The van der Waals surface area contributed by atoms with Gasteiger partial charge >= 0.3 is 5.97 Å². The molecule has 0 bridgehead atoms. The molecule has 0 radical (unpaired) electrons. The number of carbonyl (C=O) groups is 2. The van der Waals surface area contributed by atoms with Gasteiger partial charge in [0.25, 0.3) is 5.91 Å². The van der Waals surface area contributed by atoms with Crippen LogP contribution in [0.3, 0.4) is 0 Å². The average molecular weight is 241 g/mol. The summed E-state index contributed by atoms with van der Waals surface area (Å²) in [4.78, 5) is 22.3.